The highest BCUT2D eigenvalue weighted by atomic mass is 79.9. The molecule has 102 valence electrons. The summed E-state index contributed by atoms with van der Waals surface area (Å²) in [5.41, 5.74) is -0.0640. The minimum atomic E-state index is -0.462. The third-order valence-corrected chi connectivity index (χ3v) is 3.65. The number of aromatic nitrogens is 3. The Morgan fingerprint density at radius 1 is 1.35 bits per heavy atom. The van der Waals surface area contributed by atoms with Crippen LogP contribution in [0.25, 0.3) is 0 Å². The van der Waals surface area contributed by atoms with Gasteiger partial charge in [-0.15, -0.1) is 0 Å². The molecule has 2 aromatic rings. The Balaban J connectivity index is 1.88. The molecule has 7 heteroatoms. The van der Waals surface area contributed by atoms with Gasteiger partial charge < -0.3 is 9.88 Å². The fraction of sp³-hybridized carbons (Fsp3) is 0.231. The van der Waals surface area contributed by atoms with Crippen LogP contribution in [0.5, 0.6) is 0 Å². The summed E-state index contributed by atoms with van der Waals surface area (Å²) in [7, 11) is 0. The molecule has 1 fully saturated rings. The quantitative estimate of drug-likeness (QED) is 0.931. The first kappa shape index (κ1) is 13.0. The van der Waals surface area contributed by atoms with Gasteiger partial charge in [0.15, 0.2) is 5.82 Å². The second-order valence-electron chi connectivity index (χ2n) is 4.51. The maximum Gasteiger partial charge on any atom is 0.293 e. The van der Waals surface area contributed by atoms with E-state index in [1.165, 1.54) is 12.4 Å². The molecular formula is C13H11BrN4O2. The predicted octanol–water partition coefficient (Wildman–Crippen LogP) is 1.99. The number of hydrogen-bond donors (Lipinski definition) is 1. The Hall–Kier alpha value is -2.02. The highest BCUT2D eigenvalue weighted by Gasteiger charge is 2.25. The van der Waals surface area contributed by atoms with Crippen molar-refractivity contribution in [3.63, 3.8) is 0 Å². The van der Waals surface area contributed by atoms with Crippen molar-refractivity contribution in [2.45, 2.75) is 18.9 Å². The molecule has 20 heavy (non-hydrogen) atoms. The molecule has 2 aromatic heterocycles. The molecule has 0 radical (unpaired) electrons. The highest BCUT2D eigenvalue weighted by molar-refractivity contribution is 9.10. The molecule has 0 saturated heterocycles. The summed E-state index contributed by atoms with van der Waals surface area (Å²) in [6.45, 7) is 0. The van der Waals surface area contributed by atoms with Crippen LogP contribution in [0.15, 0.2) is 40.0 Å². The molecule has 2 heterocycles. The lowest BCUT2D eigenvalue weighted by Gasteiger charge is -2.07. The Morgan fingerprint density at radius 3 is 2.85 bits per heavy atom. The van der Waals surface area contributed by atoms with E-state index < -0.39 is 5.91 Å². The van der Waals surface area contributed by atoms with Crippen LogP contribution in [0, 0.1) is 0 Å². The van der Waals surface area contributed by atoms with E-state index in [1.54, 1.807) is 22.9 Å². The third-order valence-electron chi connectivity index (χ3n) is 3.01. The van der Waals surface area contributed by atoms with E-state index in [9.17, 15) is 9.59 Å². The van der Waals surface area contributed by atoms with Crippen molar-refractivity contribution in [2.75, 3.05) is 5.32 Å². The minimum Gasteiger partial charge on any atom is -0.308 e. The zero-order chi connectivity index (χ0) is 14.1. The monoisotopic (exact) mass is 334 g/mol. The molecule has 0 spiro atoms. The van der Waals surface area contributed by atoms with Crippen LogP contribution in [0.3, 0.4) is 0 Å². The Labute approximate surface area is 123 Å². The number of hydrogen-bond acceptors (Lipinski definition) is 4. The first-order valence-corrected chi connectivity index (χ1v) is 6.95. The van der Waals surface area contributed by atoms with Crippen molar-refractivity contribution < 1.29 is 4.79 Å². The van der Waals surface area contributed by atoms with E-state index in [0.29, 0.717) is 4.47 Å². The normalized spacial score (nSPS) is 14.1. The van der Waals surface area contributed by atoms with Gasteiger partial charge in [-0.3, -0.25) is 9.59 Å². The van der Waals surface area contributed by atoms with Gasteiger partial charge in [0.25, 0.3) is 11.5 Å². The van der Waals surface area contributed by atoms with Gasteiger partial charge in [0, 0.05) is 29.1 Å². The maximum atomic E-state index is 12.2. The first-order chi connectivity index (χ1) is 9.66. The van der Waals surface area contributed by atoms with Crippen LogP contribution in [0.4, 0.5) is 5.82 Å². The van der Waals surface area contributed by atoms with Gasteiger partial charge in [0.2, 0.25) is 0 Å². The highest BCUT2D eigenvalue weighted by Crippen LogP contribution is 2.33. The number of rotatable bonds is 3. The molecule has 3 rings (SSSR count). The fourth-order valence-electron chi connectivity index (χ4n) is 1.87. The molecule has 1 aliphatic carbocycles. The standard InChI is InChI=1S/C13H11BrN4O2/c14-9-2-1-5-15-10(9)12(19)17-11-13(20)18(7-6-16-11)8-3-4-8/h1-2,5-8H,3-4H2,(H,16,17,19). The van der Waals surface area contributed by atoms with Gasteiger partial charge in [0.1, 0.15) is 5.69 Å². The van der Waals surface area contributed by atoms with E-state index in [-0.39, 0.29) is 23.1 Å². The number of halogens is 1. The zero-order valence-electron chi connectivity index (χ0n) is 10.4. The number of nitrogens with one attached hydrogen (secondary N) is 1. The van der Waals surface area contributed by atoms with E-state index >= 15 is 0 Å². The average Bonchev–Trinajstić information content (AvgIpc) is 3.26. The number of carbonyl (C=O) groups is 1. The molecule has 0 bridgehead atoms. The summed E-state index contributed by atoms with van der Waals surface area (Å²) >= 11 is 3.25. The summed E-state index contributed by atoms with van der Waals surface area (Å²) in [5.74, 6) is -0.433. The smallest absolute Gasteiger partial charge is 0.293 e. The number of amides is 1. The Kier molecular flexibility index (Phi) is 3.35. The molecule has 1 saturated carbocycles. The van der Waals surface area contributed by atoms with Crippen molar-refractivity contribution >= 4 is 27.7 Å². The van der Waals surface area contributed by atoms with Crippen LogP contribution in [0.1, 0.15) is 29.4 Å². The molecule has 1 N–H and O–H groups in total. The molecule has 0 aliphatic heterocycles. The van der Waals surface area contributed by atoms with Gasteiger partial charge >= 0.3 is 0 Å². The molecule has 0 unspecified atom stereocenters. The van der Waals surface area contributed by atoms with Crippen LogP contribution < -0.4 is 10.9 Å². The summed E-state index contributed by atoms with van der Waals surface area (Å²) < 4.78 is 2.17. The lowest BCUT2D eigenvalue weighted by Crippen LogP contribution is -2.26. The summed E-state index contributed by atoms with van der Waals surface area (Å²) in [6, 6.07) is 3.66. The minimum absolute atomic E-state index is 0.0296. The predicted molar refractivity (Wildman–Crippen MR) is 76.7 cm³/mol. The van der Waals surface area contributed by atoms with Gasteiger partial charge in [-0.25, -0.2) is 9.97 Å². The third kappa shape index (κ3) is 2.49. The molecule has 6 nitrogen and oxygen atoms in total. The van der Waals surface area contributed by atoms with Crippen molar-refractivity contribution in [1.82, 2.24) is 14.5 Å². The van der Waals surface area contributed by atoms with E-state index in [4.69, 9.17) is 0 Å². The van der Waals surface area contributed by atoms with Gasteiger partial charge in [-0.2, -0.15) is 0 Å². The first-order valence-electron chi connectivity index (χ1n) is 6.16. The number of pyridine rings is 1. The molecule has 1 amide bonds. The second kappa shape index (κ2) is 5.16. The van der Waals surface area contributed by atoms with Crippen molar-refractivity contribution in [2.24, 2.45) is 0 Å². The van der Waals surface area contributed by atoms with Crippen LogP contribution in [0.2, 0.25) is 0 Å². The van der Waals surface area contributed by atoms with E-state index in [1.807, 2.05) is 0 Å². The number of carbonyl (C=O) groups excluding carboxylic acids is 1. The van der Waals surface area contributed by atoms with E-state index in [0.717, 1.165) is 12.8 Å². The largest absolute Gasteiger partial charge is 0.308 e. The SMILES string of the molecule is O=C(Nc1nccn(C2CC2)c1=O)c1ncccc1Br. The average molecular weight is 335 g/mol. The second-order valence-corrected chi connectivity index (χ2v) is 5.36. The van der Waals surface area contributed by atoms with Gasteiger partial charge in [0.05, 0.1) is 0 Å². The van der Waals surface area contributed by atoms with Gasteiger partial charge in [-0.05, 0) is 40.9 Å². The van der Waals surface area contributed by atoms with E-state index in [2.05, 4.69) is 31.2 Å². The van der Waals surface area contributed by atoms with Crippen LogP contribution in [-0.4, -0.2) is 20.4 Å². The van der Waals surface area contributed by atoms with Crippen molar-refractivity contribution in [3.05, 3.63) is 51.2 Å². The Bertz CT molecular complexity index is 724. The molecule has 0 aromatic carbocycles. The summed E-state index contributed by atoms with van der Waals surface area (Å²) in [6.07, 6.45) is 6.65. The molecule has 0 atom stereocenters. The molecule has 1 aliphatic rings. The molecular weight excluding hydrogens is 324 g/mol. The van der Waals surface area contributed by atoms with Crippen LogP contribution >= 0.6 is 15.9 Å². The van der Waals surface area contributed by atoms with Crippen molar-refractivity contribution in [3.8, 4) is 0 Å². The van der Waals surface area contributed by atoms with Gasteiger partial charge in [-0.1, -0.05) is 0 Å². The summed E-state index contributed by atoms with van der Waals surface area (Å²) in [4.78, 5) is 32.2. The van der Waals surface area contributed by atoms with Crippen LogP contribution in [-0.2, 0) is 0 Å². The lowest BCUT2D eigenvalue weighted by molar-refractivity contribution is 0.102. The lowest BCUT2D eigenvalue weighted by atomic mass is 10.3. The zero-order valence-corrected chi connectivity index (χ0v) is 12.0. The fourth-order valence-corrected chi connectivity index (χ4v) is 2.31. The van der Waals surface area contributed by atoms with Crippen molar-refractivity contribution in [1.29, 1.82) is 0 Å². The topological polar surface area (TPSA) is 76.9 Å². The number of anilines is 1. The summed E-state index contributed by atoms with van der Waals surface area (Å²) in [5, 5.41) is 2.51. The Morgan fingerprint density at radius 2 is 2.15 bits per heavy atom. The number of nitrogens with zero attached hydrogens (tertiary/aromatic N) is 3. The maximum absolute atomic E-state index is 12.2.